The number of alkyl halides is 1. The van der Waals surface area contributed by atoms with Crippen molar-refractivity contribution in [3.63, 3.8) is 0 Å². The van der Waals surface area contributed by atoms with Crippen molar-refractivity contribution in [2.45, 2.75) is 52.3 Å². The molecule has 4 rings (SSSR count). The smallest absolute Gasteiger partial charge is 0.287 e. The van der Waals surface area contributed by atoms with E-state index in [2.05, 4.69) is 5.32 Å². The number of Topliss-reactive ketones (excluding diaryl/α,β-unsaturated/α-hetero) is 1. The van der Waals surface area contributed by atoms with E-state index in [4.69, 9.17) is 0 Å². The van der Waals surface area contributed by atoms with Crippen molar-refractivity contribution < 1.29 is 23.9 Å². The first-order valence-electron chi connectivity index (χ1n) is 10.6. The monoisotopic (exact) mass is 403 g/mol. The lowest BCUT2D eigenvalue weighted by Crippen LogP contribution is -2.58. The van der Waals surface area contributed by atoms with Crippen LogP contribution in [0.15, 0.2) is 23.8 Å². The molecule has 29 heavy (non-hydrogen) atoms. The summed E-state index contributed by atoms with van der Waals surface area (Å²) >= 11 is 0. The molecule has 3 saturated carbocycles. The highest BCUT2D eigenvalue weighted by Gasteiger charge is 2.65. The molecule has 4 aliphatic rings. The molecule has 4 aliphatic carbocycles. The van der Waals surface area contributed by atoms with Crippen LogP contribution >= 0.6 is 0 Å². The van der Waals surface area contributed by atoms with Crippen molar-refractivity contribution in [2.24, 2.45) is 40.4 Å². The molecule has 0 aromatic carbocycles. The Hall–Kier alpha value is -1.82. The number of aliphatic hydroxyl groups is 1. The molecule has 3 fully saturated rings. The number of amides is 1. The van der Waals surface area contributed by atoms with E-state index >= 15 is 4.39 Å². The van der Waals surface area contributed by atoms with Crippen molar-refractivity contribution in [2.75, 3.05) is 7.05 Å². The standard InChI is InChI=1S/C23H30FNO4/c1-11-7-14-13-9-16(24)15-8-12(26)5-6-22(15,2)19(13)17(27)10-23(14,3)18(11)20(28)21(29)25-4/h5-6,8,11,13-14,16-19,27H,7,9-10H2,1-4H3,(H,25,29)/t11-,13+,14+,16+,17+,18-,19-,22+,23+/m1/s1. The summed E-state index contributed by atoms with van der Waals surface area (Å²) in [5.41, 5.74) is -0.781. The average Bonchev–Trinajstić information content (AvgIpc) is 2.91. The number of hydrogen-bond donors (Lipinski definition) is 2. The van der Waals surface area contributed by atoms with E-state index in [9.17, 15) is 19.5 Å². The van der Waals surface area contributed by atoms with Gasteiger partial charge in [-0.25, -0.2) is 4.39 Å². The Kier molecular flexibility index (Phi) is 4.65. The molecule has 0 saturated heterocycles. The van der Waals surface area contributed by atoms with E-state index in [1.165, 1.54) is 19.2 Å². The number of likely N-dealkylation sites (N-methyl/N-ethyl adjacent to an activating group) is 1. The Morgan fingerprint density at radius 1 is 1.28 bits per heavy atom. The second-order valence-electron chi connectivity index (χ2n) is 10.0. The van der Waals surface area contributed by atoms with Crippen molar-refractivity contribution in [3.05, 3.63) is 23.8 Å². The summed E-state index contributed by atoms with van der Waals surface area (Å²) in [4.78, 5) is 36.9. The zero-order valence-electron chi connectivity index (χ0n) is 17.4. The maximum Gasteiger partial charge on any atom is 0.287 e. The van der Waals surface area contributed by atoms with Gasteiger partial charge in [0, 0.05) is 24.3 Å². The van der Waals surface area contributed by atoms with Gasteiger partial charge in [0.1, 0.15) is 6.17 Å². The second-order valence-corrected chi connectivity index (χ2v) is 10.0. The molecule has 0 radical (unpaired) electrons. The van der Waals surface area contributed by atoms with E-state index in [-0.39, 0.29) is 35.9 Å². The van der Waals surface area contributed by atoms with Crippen LogP contribution in [0.5, 0.6) is 0 Å². The summed E-state index contributed by atoms with van der Waals surface area (Å²) < 4.78 is 15.3. The first kappa shape index (κ1) is 20.5. The molecular formula is C23H30FNO4. The molecule has 6 heteroatoms. The third kappa shape index (κ3) is 2.71. The predicted molar refractivity (Wildman–Crippen MR) is 105 cm³/mol. The van der Waals surface area contributed by atoms with Crippen molar-refractivity contribution in [3.8, 4) is 0 Å². The largest absolute Gasteiger partial charge is 0.393 e. The molecule has 9 atom stereocenters. The molecule has 0 aromatic rings. The fourth-order valence-electron chi connectivity index (χ4n) is 7.53. The molecule has 2 N–H and O–H groups in total. The number of ketones is 2. The number of hydrogen-bond acceptors (Lipinski definition) is 4. The zero-order chi connectivity index (χ0) is 21.3. The average molecular weight is 403 g/mol. The predicted octanol–water partition coefficient (Wildman–Crippen LogP) is 2.39. The fourth-order valence-corrected chi connectivity index (χ4v) is 7.53. The van der Waals surface area contributed by atoms with Crippen LogP contribution in [0.4, 0.5) is 4.39 Å². The van der Waals surface area contributed by atoms with E-state index < -0.39 is 40.7 Å². The summed E-state index contributed by atoms with van der Waals surface area (Å²) in [6.07, 6.45) is 4.06. The zero-order valence-corrected chi connectivity index (χ0v) is 17.4. The van der Waals surface area contributed by atoms with E-state index in [1.54, 1.807) is 6.08 Å². The van der Waals surface area contributed by atoms with E-state index in [0.29, 0.717) is 12.0 Å². The van der Waals surface area contributed by atoms with Crippen LogP contribution in [-0.2, 0) is 14.4 Å². The quantitative estimate of drug-likeness (QED) is 0.694. The highest BCUT2D eigenvalue weighted by molar-refractivity contribution is 6.37. The lowest BCUT2D eigenvalue weighted by atomic mass is 9.46. The van der Waals surface area contributed by atoms with Gasteiger partial charge in [0.25, 0.3) is 5.91 Å². The van der Waals surface area contributed by atoms with Crippen LogP contribution in [-0.4, -0.2) is 41.9 Å². The summed E-state index contributed by atoms with van der Waals surface area (Å²) in [6.45, 7) is 5.90. The molecule has 0 unspecified atom stereocenters. The number of nitrogens with one attached hydrogen (secondary N) is 1. The van der Waals surface area contributed by atoms with Crippen molar-refractivity contribution in [1.82, 2.24) is 5.32 Å². The van der Waals surface area contributed by atoms with E-state index in [0.717, 1.165) is 6.42 Å². The molecule has 0 aromatic heterocycles. The number of carbonyl (C=O) groups excluding carboxylic acids is 3. The number of carbonyl (C=O) groups is 3. The van der Waals surface area contributed by atoms with Gasteiger partial charge < -0.3 is 10.4 Å². The molecule has 158 valence electrons. The maximum atomic E-state index is 15.3. The summed E-state index contributed by atoms with van der Waals surface area (Å²) in [5.74, 6) is -1.99. The Morgan fingerprint density at radius 3 is 2.62 bits per heavy atom. The van der Waals surface area contributed by atoms with Gasteiger partial charge >= 0.3 is 0 Å². The Bertz CT molecular complexity index is 835. The van der Waals surface area contributed by atoms with Gasteiger partial charge in [-0.1, -0.05) is 26.8 Å². The Morgan fingerprint density at radius 2 is 1.97 bits per heavy atom. The lowest BCUT2D eigenvalue weighted by Gasteiger charge is -2.59. The van der Waals surface area contributed by atoms with Gasteiger partial charge in [-0.05, 0) is 60.2 Å². The Labute approximate surface area is 170 Å². The number of rotatable bonds is 2. The number of aliphatic hydroxyl groups excluding tert-OH is 1. The van der Waals surface area contributed by atoms with Gasteiger partial charge in [-0.15, -0.1) is 0 Å². The van der Waals surface area contributed by atoms with Gasteiger partial charge in [0.05, 0.1) is 6.10 Å². The number of fused-ring (bicyclic) bond motifs is 5. The normalized spacial score (nSPS) is 48.3. The van der Waals surface area contributed by atoms with Gasteiger partial charge in [-0.2, -0.15) is 0 Å². The van der Waals surface area contributed by atoms with Crippen LogP contribution in [0, 0.1) is 40.4 Å². The minimum atomic E-state index is -1.24. The van der Waals surface area contributed by atoms with Crippen molar-refractivity contribution in [1.29, 1.82) is 0 Å². The van der Waals surface area contributed by atoms with E-state index in [1.807, 2.05) is 20.8 Å². The summed E-state index contributed by atoms with van der Waals surface area (Å²) in [7, 11) is 1.45. The van der Waals surface area contributed by atoms with Crippen LogP contribution in [0.25, 0.3) is 0 Å². The molecule has 5 nitrogen and oxygen atoms in total. The van der Waals surface area contributed by atoms with Gasteiger partial charge in [0.2, 0.25) is 5.78 Å². The first-order valence-corrected chi connectivity index (χ1v) is 10.6. The minimum Gasteiger partial charge on any atom is -0.393 e. The number of halogens is 1. The van der Waals surface area contributed by atoms with Crippen molar-refractivity contribution >= 4 is 17.5 Å². The van der Waals surface area contributed by atoms with Crippen LogP contribution < -0.4 is 5.32 Å². The molecule has 0 heterocycles. The third-order valence-corrected chi connectivity index (χ3v) is 8.55. The topological polar surface area (TPSA) is 83.5 Å². The van der Waals surface area contributed by atoms with Crippen LogP contribution in [0.2, 0.25) is 0 Å². The SMILES string of the molecule is CNC(=O)C(=O)[C@H]1[C@H](C)C[C@H]2[C@@H]3C[C@H](F)C4=CC(=O)C=C[C@]4(C)[C@H]3[C@@H](O)C[C@@]21C. The van der Waals surface area contributed by atoms with Crippen LogP contribution in [0.1, 0.15) is 40.0 Å². The second kappa shape index (κ2) is 6.59. The lowest BCUT2D eigenvalue weighted by molar-refractivity contribution is -0.151. The number of allylic oxidation sites excluding steroid dienone is 4. The third-order valence-electron chi connectivity index (χ3n) is 8.55. The maximum absolute atomic E-state index is 15.3. The molecular weight excluding hydrogens is 373 g/mol. The Balaban J connectivity index is 1.75. The van der Waals surface area contributed by atoms with Gasteiger partial charge in [-0.3, -0.25) is 14.4 Å². The minimum absolute atomic E-state index is 0.00738. The summed E-state index contributed by atoms with van der Waals surface area (Å²) in [6, 6.07) is 0. The van der Waals surface area contributed by atoms with Gasteiger partial charge in [0.15, 0.2) is 5.78 Å². The highest BCUT2D eigenvalue weighted by Crippen LogP contribution is 2.67. The molecule has 0 bridgehead atoms. The molecule has 0 aliphatic heterocycles. The molecule has 1 amide bonds. The van der Waals surface area contributed by atoms with Crippen LogP contribution in [0.3, 0.4) is 0 Å². The fraction of sp³-hybridized carbons (Fsp3) is 0.696. The molecule has 0 spiro atoms. The first-order chi connectivity index (χ1) is 13.5. The summed E-state index contributed by atoms with van der Waals surface area (Å²) in [5, 5.41) is 13.7. The highest BCUT2D eigenvalue weighted by atomic mass is 19.1.